The second-order valence-electron chi connectivity index (χ2n) is 8.63. The van der Waals surface area contributed by atoms with Crippen LogP contribution in [0.1, 0.15) is 83.1 Å². The minimum absolute atomic E-state index is 0.554. The number of nitrogens with zero attached hydrogens (tertiary/aromatic N) is 4. The van der Waals surface area contributed by atoms with Crippen LogP contribution in [-0.4, -0.2) is 43.8 Å². The number of hydrogen-bond donors (Lipinski definition) is 0. The summed E-state index contributed by atoms with van der Waals surface area (Å²) in [4.78, 5) is 9.31. The van der Waals surface area contributed by atoms with Gasteiger partial charge in [-0.3, -0.25) is 0 Å². The van der Waals surface area contributed by atoms with Crippen LogP contribution in [-0.2, 0) is 11.3 Å². The van der Waals surface area contributed by atoms with Crippen molar-refractivity contribution in [3.8, 4) is 0 Å². The standard InChI is InChI=1S/2C11H21N2.2BrH.Fe/c2*1-8(2)12-7-13(9(3)4)11(6)10(12)5;;;/h2*7-9H,1-6H3;2*1H;/q2*-1;;;+2/p-2. The summed E-state index contributed by atoms with van der Waals surface area (Å²) in [5.74, 6) is 0. The predicted molar refractivity (Wildman–Crippen MR) is 131 cm³/mol. The van der Waals surface area contributed by atoms with Gasteiger partial charge in [0.1, 0.15) is 0 Å². The van der Waals surface area contributed by atoms with Gasteiger partial charge in [-0.15, -0.1) is 0 Å². The molecular formula is C22H42Br2FeN4-2. The van der Waals surface area contributed by atoms with Crippen LogP contribution in [0.4, 0.5) is 0 Å². The Kier molecular flexibility index (Phi) is 13.6. The van der Waals surface area contributed by atoms with Gasteiger partial charge in [0.25, 0.3) is 0 Å². The molecule has 0 aromatic heterocycles. The van der Waals surface area contributed by atoms with Crippen molar-refractivity contribution >= 4 is 28.2 Å². The summed E-state index contributed by atoms with van der Waals surface area (Å²) in [6.07, 6.45) is 0. The first-order chi connectivity index (χ1) is 13.3. The van der Waals surface area contributed by atoms with Gasteiger partial charge in [0, 0.05) is 0 Å². The summed E-state index contributed by atoms with van der Waals surface area (Å²) < 4.78 is 0. The molecule has 4 nitrogen and oxygen atoms in total. The molecule has 0 amide bonds. The monoisotopic (exact) mass is 576 g/mol. The van der Waals surface area contributed by atoms with E-state index in [1.54, 1.807) is 0 Å². The SMILES string of the molecule is CC1=C(C)N(C(C)C)[CH-]N1C(C)C.CC1=C(C)N(C(C)C)[CH-]N1C(C)C.[Br][Fe][Br]. The number of allylic oxidation sites excluding steroid dienone is 4. The van der Waals surface area contributed by atoms with Crippen LogP contribution in [0.5, 0.6) is 0 Å². The average Bonchev–Trinajstić information content (AvgIpc) is 3.07. The molecule has 0 saturated heterocycles. The molecule has 29 heavy (non-hydrogen) atoms. The van der Waals surface area contributed by atoms with Gasteiger partial charge in [-0.05, 0) is 130 Å². The Morgan fingerprint density at radius 2 is 0.655 bits per heavy atom. The molecule has 0 spiro atoms. The Balaban J connectivity index is 0.000000477. The van der Waals surface area contributed by atoms with E-state index in [9.17, 15) is 0 Å². The first kappa shape index (κ1) is 29.2. The first-order valence-electron chi connectivity index (χ1n) is 10.3. The Morgan fingerprint density at radius 1 is 0.517 bits per heavy atom. The molecule has 0 aromatic rings. The van der Waals surface area contributed by atoms with Gasteiger partial charge in [-0.25, -0.2) is 0 Å². The molecule has 0 aromatic carbocycles. The fourth-order valence-corrected chi connectivity index (χ4v) is 3.44. The Hall–Kier alpha value is 0.159. The molecule has 0 fully saturated rings. The number of halogens is 2. The van der Waals surface area contributed by atoms with E-state index in [0.29, 0.717) is 24.2 Å². The Labute approximate surface area is 201 Å². The molecule has 0 bridgehead atoms. The third-order valence-corrected chi connectivity index (χ3v) is 5.32. The van der Waals surface area contributed by atoms with Crippen molar-refractivity contribution in [3.63, 3.8) is 0 Å². The number of rotatable bonds is 4. The van der Waals surface area contributed by atoms with Gasteiger partial charge >= 0.3 is 39.6 Å². The fraction of sp³-hybridized carbons (Fsp3) is 0.727. The molecule has 0 unspecified atom stereocenters. The molecule has 0 N–H and O–H groups in total. The van der Waals surface area contributed by atoms with Crippen LogP contribution in [0, 0.1) is 13.3 Å². The van der Waals surface area contributed by atoms with E-state index < -0.39 is 0 Å². The molecule has 2 aliphatic heterocycles. The minimum atomic E-state index is 0.554. The van der Waals surface area contributed by atoms with E-state index in [2.05, 4.69) is 144 Å². The molecule has 2 rings (SSSR count). The molecule has 0 radical (unpaired) electrons. The molecule has 2 heterocycles. The van der Waals surface area contributed by atoms with E-state index in [1.165, 1.54) is 22.8 Å². The predicted octanol–water partition coefficient (Wildman–Crippen LogP) is 7.27. The quantitative estimate of drug-likeness (QED) is 0.257. The molecule has 0 saturated carbocycles. The topological polar surface area (TPSA) is 13.0 Å². The van der Waals surface area contributed by atoms with Crippen molar-refractivity contribution in [2.75, 3.05) is 0 Å². The average molecular weight is 578 g/mol. The fourth-order valence-electron chi connectivity index (χ4n) is 3.44. The molecule has 0 aliphatic carbocycles. The Morgan fingerprint density at radius 3 is 0.724 bits per heavy atom. The van der Waals surface area contributed by atoms with E-state index in [4.69, 9.17) is 0 Å². The molecule has 2 aliphatic rings. The summed E-state index contributed by atoms with van der Waals surface area (Å²) in [6.45, 7) is 31.0. The van der Waals surface area contributed by atoms with E-state index in [1.807, 2.05) is 0 Å². The second kappa shape index (κ2) is 13.5. The van der Waals surface area contributed by atoms with Crippen molar-refractivity contribution in [1.29, 1.82) is 0 Å². The summed E-state index contributed by atoms with van der Waals surface area (Å²) in [5.41, 5.74) is 5.51. The van der Waals surface area contributed by atoms with Crippen LogP contribution < -0.4 is 0 Å². The van der Waals surface area contributed by atoms with Gasteiger partial charge < -0.3 is 19.6 Å². The van der Waals surface area contributed by atoms with Crippen molar-refractivity contribution in [3.05, 3.63) is 36.1 Å². The van der Waals surface area contributed by atoms with Gasteiger partial charge in [0.05, 0.1) is 0 Å². The normalized spacial score (nSPS) is 17.3. The molecule has 174 valence electrons. The van der Waals surface area contributed by atoms with Crippen LogP contribution in [0.25, 0.3) is 0 Å². The number of hydrogen-bond acceptors (Lipinski definition) is 4. The van der Waals surface area contributed by atoms with Crippen LogP contribution >= 0.6 is 28.2 Å². The van der Waals surface area contributed by atoms with Crippen molar-refractivity contribution in [1.82, 2.24) is 19.6 Å². The third-order valence-electron chi connectivity index (χ3n) is 5.32. The summed E-state index contributed by atoms with van der Waals surface area (Å²) in [5, 5.41) is 0. The van der Waals surface area contributed by atoms with Crippen LogP contribution in [0.3, 0.4) is 0 Å². The summed E-state index contributed by atoms with van der Waals surface area (Å²) >= 11 is 7.00. The van der Waals surface area contributed by atoms with E-state index in [0.717, 1.165) is 11.3 Å². The summed E-state index contributed by atoms with van der Waals surface area (Å²) in [7, 11) is 0. The molecular weight excluding hydrogens is 536 g/mol. The van der Waals surface area contributed by atoms with Crippen molar-refractivity contribution in [2.24, 2.45) is 0 Å². The zero-order chi connectivity index (χ0) is 23.0. The maximum absolute atomic E-state index is 3.06. The van der Waals surface area contributed by atoms with E-state index in [-0.39, 0.29) is 0 Å². The summed E-state index contributed by atoms with van der Waals surface area (Å²) in [6, 6.07) is 2.22. The third kappa shape index (κ3) is 8.31. The van der Waals surface area contributed by atoms with Crippen LogP contribution in [0.15, 0.2) is 22.8 Å². The van der Waals surface area contributed by atoms with Crippen molar-refractivity contribution in [2.45, 2.75) is 107 Å². The van der Waals surface area contributed by atoms with E-state index >= 15 is 0 Å². The van der Waals surface area contributed by atoms with Gasteiger partial charge in [0.2, 0.25) is 0 Å². The van der Waals surface area contributed by atoms with Crippen LogP contribution in [0.2, 0.25) is 0 Å². The zero-order valence-corrected chi connectivity index (χ0v) is 24.6. The molecule has 7 heteroatoms. The zero-order valence-electron chi connectivity index (χ0n) is 20.4. The van der Waals surface area contributed by atoms with Gasteiger partial charge in [-0.2, -0.15) is 13.3 Å². The second-order valence-corrected chi connectivity index (χ2v) is 14.2. The molecule has 0 atom stereocenters. The van der Waals surface area contributed by atoms with Gasteiger partial charge in [-0.1, -0.05) is 0 Å². The first-order valence-corrected chi connectivity index (χ1v) is 15.8. The maximum atomic E-state index is 3.06. The van der Waals surface area contributed by atoms with Crippen molar-refractivity contribution < 1.29 is 11.3 Å². The van der Waals surface area contributed by atoms with Gasteiger partial charge in [0.15, 0.2) is 0 Å². The Bertz CT molecular complexity index is 467.